The smallest absolute Gasteiger partial charge is 0.0428 e. The lowest BCUT2D eigenvalue weighted by Gasteiger charge is -2.09. The largest absolute Gasteiger partial charge is 0.135 e. The van der Waals surface area contributed by atoms with E-state index in [0.29, 0.717) is 0 Å². The Hall–Kier alpha value is -3.98. The molecule has 0 fully saturated rings. The fraction of sp³-hybridized carbons (Fsp3) is 0.320. The second kappa shape index (κ2) is 16.4. The Balaban J connectivity index is 1.03. The van der Waals surface area contributed by atoms with Gasteiger partial charge in [0.2, 0.25) is 0 Å². The van der Waals surface area contributed by atoms with E-state index < -0.39 is 0 Å². The van der Waals surface area contributed by atoms with Gasteiger partial charge in [-0.25, -0.2) is 0 Å². The SMILES string of the molecule is CCCCCCCCc1ccc(-c2cc3ccc4c5ccc6c(ccc7cc(-c8ccc(CCCCCCCC)cc8)sc76)c5ccc4c3s2)cc1. The van der Waals surface area contributed by atoms with Crippen LogP contribution in [0.5, 0.6) is 0 Å². The zero-order valence-corrected chi connectivity index (χ0v) is 32.7. The van der Waals surface area contributed by atoms with E-state index in [9.17, 15) is 0 Å². The van der Waals surface area contributed by atoms with Gasteiger partial charge in [-0.05, 0) is 92.4 Å². The summed E-state index contributed by atoms with van der Waals surface area (Å²) >= 11 is 3.88. The van der Waals surface area contributed by atoms with Gasteiger partial charge in [0.1, 0.15) is 0 Å². The molecule has 0 unspecified atom stereocenters. The van der Waals surface area contributed by atoms with Crippen LogP contribution in [0.2, 0.25) is 0 Å². The molecule has 8 rings (SSSR count). The maximum absolute atomic E-state index is 2.39. The van der Waals surface area contributed by atoms with Gasteiger partial charge in [0.15, 0.2) is 0 Å². The van der Waals surface area contributed by atoms with Crippen molar-refractivity contribution in [3.8, 4) is 20.9 Å². The Bertz CT molecular complexity index is 2250. The summed E-state index contributed by atoms with van der Waals surface area (Å²) in [4.78, 5) is 2.71. The number of hydrogen-bond acceptors (Lipinski definition) is 2. The summed E-state index contributed by atoms with van der Waals surface area (Å²) in [5.41, 5.74) is 5.59. The van der Waals surface area contributed by atoms with E-state index in [1.165, 1.54) is 174 Å². The Labute approximate surface area is 318 Å². The van der Waals surface area contributed by atoms with Crippen LogP contribution in [0.1, 0.15) is 102 Å². The highest BCUT2D eigenvalue weighted by Gasteiger charge is 2.14. The molecule has 2 heterocycles. The maximum Gasteiger partial charge on any atom is 0.0428 e. The first-order valence-electron chi connectivity index (χ1n) is 20.1. The Morgan fingerprint density at radius 1 is 0.346 bits per heavy atom. The zero-order chi connectivity index (χ0) is 35.3. The third-order valence-electron chi connectivity index (χ3n) is 11.3. The summed E-state index contributed by atoms with van der Waals surface area (Å²) in [6.07, 6.45) is 18.6. The first-order valence-corrected chi connectivity index (χ1v) is 21.8. The molecule has 8 aromatic rings. The fourth-order valence-corrected chi connectivity index (χ4v) is 10.6. The topological polar surface area (TPSA) is 0 Å². The van der Waals surface area contributed by atoms with Crippen LogP contribution in [0, 0.1) is 0 Å². The van der Waals surface area contributed by atoms with Gasteiger partial charge in [-0.1, -0.05) is 175 Å². The van der Waals surface area contributed by atoms with Gasteiger partial charge < -0.3 is 0 Å². The van der Waals surface area contributed by atoms with E-state index >= 15 is 0 Å². The van der Waals surface area contributed by atoms with Gasteiger partial charge in [-0.2, -0.15) is 0 Å². The van der Waals surface area contributed by atoms with Gasteiger partial charge in [-0.15, -0.1) is 22.7 Å². The first kappa shape index (κ1) is 35.1. The molecule has 0 saturated heterocycles. The van der Waals surface area contributed by atoms with E-state index in [1.54, 1.807) is 0 Å². The highest BCUT2D eigenvalue weighted by Crippen LogP contribution is 2.43. The van der Waals surface area contributed by atoms with Crippen molar-refractivity contribution in [2.24, 2.45) is 0 Å². The summed E-state index contributed by atoms with van der Waals surface area (Å²) in [5, 5.41) is 10.8. The van der Waals surface area contributed by atoms with E-state index in [2.05, 4.69) is 123 Å². The molecular formula is C50H52S2. The van der Waals surface area contributed by atoms with Gasteiger partial charge in [0.25, 0.3) is 0 Å². The molecule has 0 aliphatic carbocycles. The molecule has 0 amide bonds. The lowest BCUT2D eigenvalue weighted by atomic mass is 9.96. The van der Waals surface area contributed by atoms with Crippen molar-refractivity contribution >= 4 is 75.2 Å². The minimum Gasteiger partial charge on any atom is -0.135 e. The maximum atomic E-state index is 2.39. The minimum absolute atomic E-state index is 1.19. The van der Waals surface area contributed by atoms with Gasteiger partial charge in [0.05, 0.1) is 0 Å². The highest BCUT2D eigenvalue weighted by atomic mass is 32.1. The molecule has 0 nitrogen and oxygen atoms in total. The van der Waals surface area contributed by atoms with Crippen LogP contribution in [0.4, 0.5) is 0 Å². The molecule has 52 heavy (non-hydrogen) atoms. The van der Waals surface area contributed by atoms with Crippen molar-refractivity contribution < 1.29 is 0 Å². The van der Waals surface area contributed by atoms with E-state index in [-0.39, 0.29) is 0 Å². The van der Waals surface area contributed by atoms with E-state index in [0.717, 1.165) is 0 Å². The third-order valence-corrected chi connectivity index (χ3v) is 13.7. The number of aryl methyl sites for hydroxylation is 2. The quantitative estimate of drug-likeness (QED) is 0.0690. The molecule has 0 saturated carbocycles. The monoisotopic (exact) mass is 716 g/mol. The Morgan fingerprint density at radius 2 is 0.692 bits per heavy atom. The number of unbranched alkanes of at least 4 members (excludes halogenated alkanes) is 10. The Kier molecular flexibility index (Phi) is 11.0. The minimum atomic E-state index is 1.19. The number of rotatable bonds is 16. The second-order valence-electron chi connectivity index (χ2n) is 15.0. The lowest BCUT2D eigenvalue weighted by molar-refractivity contribution is 0.607. The summed E-state index contributed by atoms with van der Waals surface area (Å²) in [6, 6.07) is 42.4. The number of thiophene rings is 2. The van der Waals surface area contributed by atoms with Crippen LogP contribution in [0.15, 0.2) is 109 Å². The van der Waals surface area contributed by atoms with Crippen LogP contribution >= 0.6 is 22.7 Å². The molecule has 0 aliphatic heterocycles. The summed E-state index contributed by atoms with van der Waals surface area (Å²) in [5.74, 6) is 0. The first-order chi connectivity index (χ1) is 25.7. The van der Waals surface area contributed by atoms with Crippen molar-refractivity contribution in [3.63, 3.8) is 0 Å². The number of fused-ring (bicyclic) bond motifs is 9. The van der Waals surface area contributed by atoms with Gasteiger partial charge in [0, 0.05) is 29.9 Å². The molecule has 2 aromatic heterocycles. The molecular weight excluding hydrogens is 665 g/mol. The van der Waals surface area contributed by atoms with Crippen molar-refractivity contribution in [2.45, 2.75) is 104 Å². The summed E-state index contributed by atoms with van der Waals surface area (Å²) < 4.78 is 2.78. The molecule has 2 heteroatoms. The number of benzene rings is 6. The van der Waals surface area contributed by atoms with E-state index in [1.807, 2.05) is 22.7 Å². The molecule has 0 atom stereocenters. The Morgan fingerprint density at radius 3 is 1.12 bits per heavy atom. The molecule has 6 aromatic carbocycles. The molecule has 0 radical (unpaired) electrons. The number of hydrogen-bond donors (Lipinski definition) is 0. The standard InChI is InChI=1S/C50H52S2/c1-3-5-7-9-11-13-15-35-17-21-37(22-18-35)47-33-39-25-27-43-41-30-32-46-44(42(41)29-31-45(43)49(39)51-47)28-26-40-34-48(52-50(40)46)38-23-19-36(20-24-38)16-14-12-10-8-6-4-2/h17-34H,3-16H2,1-2H3. The molecule has 0 bridgehead atoms. The predicted molar refractivity (Wildman–Crippen MR) is 235 cm³/mol. The molecule has 264 valence electrons. The van der Waals surface area contributed by atoms with E-state index in [4.69, 9.17) is 0 Å². The van der Waals surface area contributed by atoms with Crippen LogP contribution < -0.4 is 0 Å². The summed E-state index contributed by atoms with van der Waals surface area (Å²) in [7, 11) is 0. The van der Waals surface area contributed by atoms with Crippen LogP contribution in [0.3, 0.4) is 0 Å². The van der Waals surface area contributed by atoms with Crippen molar-refractivity contribution in [1.29, 1.82) is 0 Å². The van der Waals surface area contributed by atoms with Crippen molar-refractivity contribution in [1.82, 2.24) is 0 Å². The average Bonchev–Trinajstić information content (AvgIpc) is 3.83. The van der Waals surface area contributed by atoms with Crippen LogP contribution in [-0.4, -0.2) is 0 Å². The van der Waals surface area contributed by atoms with Crippen LogP contribution in [-0.2, 0) is 12.8 Å². The van der Waals surface area contributed by atoms with Gasteiger partial charge >= 0.3 is 0 Å². The zero-order valence-electron chi connectivity index (χ0n) is 31.1. The van der Waals surface area contributed by atoms with Gasteiger partial charge in [-0.3, -0.25) is 0 Å². The molecule has 0 spiro atoms. The average molecular weight is 717 g/mol. The van der Waals surface area contributed by atoms with Crippen molar-refractivity contribution in [3.05, 3.63) is 120 Å². The van der Waals surface area contributed by atoms with Crippen LogP contribution in [0.25, 0.3) is 73.4 Å². The third kappa shape index (κ3) is 7.43. The highest BCUT2D eigenvalue weighted by molar-refractivity contribution is 7.23. The lowest BCUT2D eigenvalue weighted by Crippen LogP contribution is -1.86. The van der Waals surface area contributed by atoms with Crippen molar-refractivity contribution in [2.75, 3.05) is 0 Å². The summed E-state index contributed by atoms with van der Waals surface area (Å²) in [6.45, 7) is 4.58. The normalized spacial score (nSPS) is 12.0. The molecule has 0 aliphatic rings. The fourth-order valence-electron chi connectivity index (χ4n) is 8.21. The second-order valence-corrected chi connectivity index (χ2v) is 17.1. The predicted octanol–water partition coefficient (Wildman–Crippen LogP) is 16.7. The molecule has 0 N–H and O–H groups in total.